The number of nitrogens with one attached hydrogen (secondary N) is 2. The Bertz CT molecular complexity index is 1330. The molecule has 0 radical (unpaired) electrons. The number of nitrogens with two attached hydrogens (primary N) is 1. The molecule has 5 amide bonds. The molecule has 2 saturated heterocycles. The van der Waals surface area contributed by atoms with E-state index in [-0.39, 0.29) is 25.0 Å². The van der Waals surface area contributed by atoms with Crippen molar-refractivity contribution < 1.29 is 33.4 Å². The Labute approximate surface area is 270 Å². The molecule has 3 aliphatic heterocycles. The monoisotopic (exact) mass is 637 g/mol. The van der Waals surface area contributed by atoms with E-state index in [2.05, 4.69) is 16.7 Å². The van der Waals surface area contributed by atoms with Crippen molar-refractivity contribution in [2.75, 3.05) is 13.1 Å². The first-order valence-corrected chi connectivity index (χ1v) is 17.2. The van der Waals surface area contributed by atoms with E-state index in [1.807, 2.05) is 18.2 Å². The van der Waals surface area contributed by atoms with E-state index in [1.165, 1.54) is 10.5 Å². The second-order valence-electron chi connectivity index (χ2n) is 13.8. The van der Waals surface area contributed by atoms with E-state index in [1.54, 1.807) is 4.90 Å². The Balaban J connectivity index is 1.20. The van der Waals surface area contributed by atoms with Crippen molar-refractivity contribution in [2.45, 2.75) is 126 Å². The summed E-state index contributed by atoms with van der Waals surface area (Å²) >= 11 is 0. The molecule has 5 atom stereocenters. The fourth-order valence-electron chi connectivity index (χ4n) is 7.80. The Morgan fingerprint density at radius 2 is 1.59 bits per heavy atom. The largest absolute Gasteiger partial charge is 0.446 e. The highest BCUT2D eigenvalue weighted by Crippen LogP contribution is 2.47. The van der Waals surface area contributed by atoms with Gasteiger partial charge in [0.05, 0.1) is 6.54 Å². The minimum atomic E-state index is -1.13. The number of amides is 5. The van der Waals surface area contributed by atoms with Gasteiger partial charge in [0.25, 0.3) is 0 Å². The Morgan fingerprint density at radius 1 is 0.891 bits per heavy atom. The van der Waals surface area contributed by atoms with Crippen molar-refractivity contribution in [3.8, 4) is 0 Å². The van der Waals surface area contributed by atoms with Gasteiger partial charge in [0.15, 0.2) is 0 Å². The predicted molar refractivity (Wildman–Crippen MR) is 167 cm³/mol. The molecule has 12 heteroatoms. The lowest BCUT2D eigenvalue weighted by Crippen LogP contribution is -2.57. The summed E-state index contributed by atoms with van der Waals surface area (Å²) in [7, 11) is 0. The van der Waals surface area contributed by atoms with Crippen LogP contribution in [0.25, 0.3) is 0 Å². The van der Waals surface area contributed by atoms with Gasteiger partial charge in [-0.15, -0.1) is 0 Å². The molecule has 5 aliphatic rings. The summed E-state index contributed by atoms with van der Waals surface area (Å²) < 4.78 is 11.5. The normalized spacial score (nSPS) is 30.5. The average Bonchev–Trinajstić information content (AvgIpc) is 3.32. The van der Waals surface area contributed by atoms with E-state index in [9.17, 15) is 24.0 Å². The maximum atomic E-state index is 14.2. The molecule has 2 saturated carbocycles. The van der Waals surface area contributed by atoms with Gasteiger partial charge in [0, 0.05) is 19.5 Å². The first kappa shape index (κ1) is 32.1. The molecule has 3 heterocycles. The van der Waals surface area contributed by atoms with Crippen molar-refractivity contribution in [2.24, 2.45) is 11.7 Å². The van der Waals surface area contributed by atoms with Gasteiger partial charge in [-0.2, -0.15) is 0 Å². The summed E-state index contributed by atoms with van der Waals surface area (Å²) in [6.07, 6.45) is 8.47. The highest BCUT2D eigenvalue weighted by atomic mass is 16.6. The fraction of sp³-hybridized carbons (Fsp3) is 0.676. The number of rotatable bonds is 4. The van der Waals surface area contributed by atoms with Crippen LogP contribution in [0.4, 0.5) is 9.59 Å². The number of benzene rings is 1. The smallest absolute Gasteiger partial charge is 0.410 e. The zero-order valence-electron chi connectivity index (χ0n) is 26.5. The molecule has 0 aromatic heterocycles. The molecule has 250 valence electrons. The van der Waals surface area contributed by atoms with Crippen LogP contribution in [-0.4, -0.2) is 82.6 Å². The van der Waals surface area contributed by atoms with E-state index in [0.29, 0.717) is 38.8 Å². The zero-order valence-corrected chi connectivity index (χ0v) is 26.5. The van der Waals surface area contributed by atoms with E-state index >= 15 is 0 Å². The van der Waals surface area contributed by atoms with Crippen LogP contribution in [0.3, 0.4) is 0 Å². The van der Waals surface area contributed by atoms with Gasteiger partial charge in [-0.25, -0.2) is 9.59 Å². The average molecular weight is 638 g/mol. The van der Waals surface area contributed by atoms with Gasteiger partial charge < -0.3 is 35.6 Å². The van der Waals surface area contributed by atoms with Crippen molar-refractivity contribution in [3.63, 3.8) is 0 Å². The molecule has 2 aliphatic carbocycles. The minimum absolute atomic E-state index is 0.00403. The number of ether oxygens (including phenoxy) is 2. The topological polar surface area (TPSA) is 160 Å². The molecule has 0 spiro atoms. The predicted octanol–water partition coefficient (Wildman–Crippen LogP) is 3.29. The van der Waals surface area contributed by atoms with Crippen LogP contribution in [0.15, 0.2) is 24.3 Å². The second kappa shape index (κ2) is 13.9. The molecule has 4 N–H and O–H groups in total. The molecule has 1 aromatic carbocycles. The first-order valence-electron chi connectivity index (χ1n) is 17.2. The summed E-state index contributed by atoms with van der Waals surface area (Å²) in [5.41, 5.74) is 6.94. The van der Waals surface area contributed by atoms with Crippen LogP contribution in [0.5, 0.6) is 0 Å². The van der Waals surface area contributed by atoms with Gasteiger partial charge in [0.1, 0.15) is 29.8 Å². The standard InChI is InChI=1S/C34H47N5O7/c35-31(42)34-19-24(34)12-4-2-1-3-5-15-27(36-32(43)45-25-13-8-9-14-25)30(41)39-21-26(18-28(39)29(40)37-34)46-33(44)38-17-16-22-10-6-7-11-23(22)20-38/h6-7,10-11,24-28H,1-5,8-9,12-21H2,(H2,35,42)(H,36,43)(H,37,40)/t24-,26-,27?,28+,34-/m1/s1. The Morgan fingerprint density at radius 3 is 2.35 bits per heavy atom. The highest BCUT2D eigenvalue weighted by Gasteiger charge is 2.60. The lowest BCUT2D eigenvalue weighted by atomic mass is 10.0. The van der Waals surface area contributed by atoms with Crippen LogP contribution in [0.2, 0.25) is 0 Å². The van der Waals surface area contributed by atoms with Gasteiger partial charge in [-0.3, -0.25) is 14.4 Å². The van der Waals surface area contributed by atoms with Crippen LogP contribution >= 0.6 is 0 Å². The highest BCUT2D eigenvalue weighted by molar-refractivity contribution is 5.97. The summed E-state index contributed by atoms with van der Waals surface area (Å²) in [5, 5.41) is 5.71. The van der Waals surface area contributed by atoms with E-state index in [4.69, 9.17) is 15.2 Å². The van der Waals surface area contributed by atoms with Gasteiger partial charge in [-0.05, 0) is 68.4 Å². The minimum Gasteiger partial charge on any atom is -0.446 e. The van der Waals surface area contributed by atoms with E-state index in [0.717, 1.165) is 63.4 Å². The van der Waals surface area contributed by atoms with E-state index < -0.39 is 53.6 Å². The third-order valence-corrected chi connectivity index (χ3v) is 10.6. The van der Waals surface area contributed by atoms with Gasteiger partial charge in [-0.1, -0.05) is 56.4 Å². The summed E-state index contributed by atoms with van der Waals surface area (Å²) in [6, 6.07) is 6.08. The van der Waals surface area contributed by atoms with Crippen LogP contribution < -0.4 is 16.4 Å². The lowest BCUT2D eigenvalue weighted by Gasteiger charge is -2.30. The number of hydrogen-bond acceptors (Lipinski definition) is 7. The lowest BCUT2D eigenvalue weighted by molar-refractivity contribution is -0.141. The third kappa shape index (κ3) is 7.10. The molecule has 0 bridgehead atoms. The van der Waals surface area contributed by atoms with Gasteiger partial charge >= 0.3 is 12.2 Å². The first-order chi connectivity index (χ1) is 22.2. The Kier molecular flexibility index (Phi) is 9.70. The van der Waals surface area contributed by atoms with Crippen molar-refractivity contribution >= 4 is 29.9 Å². The van der Waals surface area contributed by atoms with Crippen molar-refractivity contribution in [3.05, 3.63) is 35.4 Å². The van der Waals surface area contributed by atoms with Crippen LogP contribution in [0.1, 0.15) is 94.6 Å². The quantitative estimate of drug-likeness (QED) is 0.457. The summed E-state index contributed by atoms with van der Waals surface area (Å²) in [4.78, 5) is 69.9. The molecule has 46 heavy (non-hydrogen) atoms. The van der Waals surface area contributed by atoms with Crippen molar-refractivity contribution in [1.29, 1.82) is 0 Å². The zero-order chi connectivity index (χ0) is 32.3. The molecular weight excluding hydrogens is 590 g/mol. The molecule has 1 aromatic rings. The molecule has 6 rings (SSSR count). The molecule has 12 nitrogen and oxygen atoms in total. The summed E-state index contributed by atoms with van der Waals surface area (Å²) in [5.74, 6) is -1.54. The number of primary amides is 1. The SMILES string of the molecule is NC(=O)[C@@]12C[C@H]1CCCCCCCC(NC(=O)OC1CCCC1)C(=O)N1C[C@H](OC(=O)N3CCc4ccccc4C3)C[C@H]1C(=O)N2. The van der Waals surface area contributed by atoms with Crippen LogP contribution in [-0.2, 0) is 36.8 Å². The molecule has 4 fully saturated rings. The second-order valence-corrected chi connectivity index (χ2v) is 13.8. The van der Waals surface area contributed by atoms with Gasteiger partial charge in [0.2, 0.25) is 17.7 Å². The number of nitrogens with zero attached hydrogens (tertiary/aromatic N) is 2. The number of carbonyl (C=O) groups excluding carboxylic acids is 5. The number of fused-ring (bicyclic) bond motifs is 3. The maximum absolute atomic E-state index is 14.2. The van der Waals surface area contributed by atoms with Crippen LogP contribution in [0, 0.1) is 5.92 Å². The third-order valence-electron chi connectivity index (χ3n) is 10.6. The summed E-state index contributed by atoms with van der Waals surface area (Å²) in [6.45, 7) is 0.925. The molecule has 1 unspecified atom stereocenters. The molecular formula is C34H47N5O7. The maximum Gasteiger partial charge on any atom is 0.410 e. The van der Waals surface area contributed by atoms with Crippen molar-refractivity contribution in [1.82, 2.24) is 20.4 Å². The number of carbonyl (C=O) groups is 5. The fourth-order valence-corrected chi connectivity index (χ4v) is 7.80. The number of hydrogen-bond donors (Lipinski definition) is 3. The Hall–Kier alpha value is -3.83. The number of alkyl carbamates (subject to hydrolysis) is 1.